The zero-order valence-electron chi connectivity index (χ0n) is 11.4. The molecule has 0 spiro atoms. The average Bonchev–Trinajstić information content (AvgIpc) is 2.30. The van der Waals surface area contributed by atoms with Gasteiger partial charge in [-0.1, -0.05) is 11.6 Å². The molecule has 0 atom stereocenters. The van der Waals surface area contributed by atoms with Crippen LogP contribution in [0.15, 0.2) is 35.3 Å². The highest BCUT2D eigenvalue weighted by Crippen LogP contribution is 2.03. The van der Waals surface area contributed by atoms with Gasteiger partial charge >= 0.3 is 0 Å². The van der Waals surface area contributed by atoms with Crippen molar-refractivity contribution < 1.29 is 4.68 Å². The zero-order valence-corrected chi connectivity index (χ0v) is 11.4. The van der Waals surface area contributed by atoms with Crippen molar-refractivity contribution in [2.45, 2.75) is 34.1 Å². The summed E-state index contributed by atoms with van der Waals surface area (Å²) < 4.78 is 4.17. The molecule has 0 amide bonds. The highest BCUT2D eigenvalue weighted by molar-refractivity contribution is 5.12. The van der Waals surface area contributed by atoms with Crippen LogP contribution >= 0.6 is 0 Å². The fourth-order valence-electron chi connectivity index (χ4n) is 2.22. The van der Waals surface area contributed by atoms with E-state index in [1.54, 1.807) is 12.1 Å². The lowest BCUT2D eigenvalue weighted by Gasteiger charge is -2.10. The van der Waals surface area contributed by atoms with E-state index in [0.717, 1.165) is 23.5 Å². The van der Waals surface area contributed by atoms with Crippen LogP contribution in [0.5, 0.6) is 0 Å². The van der Waals surface area contributed by atoms with Crippen LogP contribution < -0.4 is 10.1 Å². The van der Waals surface area contributed by atoms with E-state index < -0.39 is 0 Å². The van der Waals surface area contributed by atoms with Crippen molar-refractivity contribution in [2.75, 3.05) is 0 Å². The van der Waals surface area contributed by atoms with Crippen molar-refractivity contribution in [1.82, 2.24) is 4.68 Å². The molecular weight excluding hydrogens is 224 g/mol. The quantitative estimate of drug-likeness (QED) is 0.740. The number of aryl methyl sites for hydroxylation is 4. The third-order valence-corrected chi connectivity index (χ3v) is 3.18. The van der Waals surface area contributed by atoms with Crippen LogP contribution in [0.3, 0.4) is 0 Å². The summed E-state index contributed by atoms with van der Waals surface area (Å²) in [5, 5.41) is 0. The number of pyridine rings is 2. The first kappa shape index (κ1) is 12.6. The summed E-state index contributed by atoms with van der Waals surface area (Å²) in [7, 11) is 0. The van der Waals surface area contributed by atoms with Crippen molar-refractivity contribution in [3.8, 4) is 0 Å². The maximum Gasteiger partial charge on any atom is 0.209 e. The molecule has 18 heavy (non-hydrogen) atoms. The largest absolute Gasteiger partial charge is 0.290 e. The molecule has 0 unspecified atom stereocenters. The summed E-state index contributed by atoms with van der Waals surface area (Å²) in [5.41, 5.74) is 4.37. The Labute approximate surface area is 107 Å². The molecule has 3 heteroatoms. The molecule has 2 aromatic rings. The van der Waals surface area contributed by atoms with Gasteiger partial charge in [-0.3, -0.25) is 4.79 Å². The molecule has 0 saturated carbocycles. The molecule has 2 aromatic heterocycles. The molecule has 0 radical (unpaired) electrons. The monoisotopic (exact) mass is 243 g/mol. The Morgan fingerprint density at radius 3 is 2.28 bits per heavy atom. The fourth-order valence-corrected chi connectivity index (χ4v) is 2.22. The van der Waals surface area contributed by atoms with Crippen LogP contribution in [0.1, 0.15) is 29.6 Å². The smallest absolute Gasteiger partial charge is 0.209 e. The maximum atomic E-state index is 11.5. The molecule has 94 valence electrons. The minimum atomic E-state index is 0.0612. The lowest BCUT2D eigenvalue weighted by atomic mass is 10.2. The lowest BCUT2D eigenvalue weighted by molar-refractivity contribution is -0.735. The second-order valence-corrected chi connectivity index (χ2v) is 4.66. The van der Waals surface area contributed by atoms with E-state index in [2.05, 4.69) is 41.5 Å². The van der Waals surface area contributed by atoms with Crippen LogP contribution in [0.25, 0.3) is 0 Å². The Bertz CT molecular complexity index is 615. The molecule has 0 fully saturated rings. The van der Waals surface area contributed by atoms with Gasteiger partial charge in [0.2, 0.25) is 11.9 Å². The second-order valence-electron chi connectivity index (χ2n) is 4.66. The highest BCUT2D eigenvalue weighted by atomic mass is 16.1. The molecule has 0 aliphatic rings. The molecule has 0 N–H and O–H groups in total. The van der Waals surface area contributed by atoms with Crippen LogP contribution in [0.4, 0.5) is 0 Å². The summed E-state index contributed by atoms with van der Waals surface area (Å²) in [4.78, 5) is 11.5. The molecule has 0 aliphatic heterocycles. The predicted octanol–water partition coefficient (Wildman–Crippen LogP) is 1.93. The molecule has 0 aliphatic carbocycles. The molecular formula is C15H19N2O+. The minimum absolute atomic E-state index is 0.0612. The Morgan fingerprint density at radius 1 is 1.11 bits per heavy atom. The summed E-state index contributed by atoms with van der Waals surface area (Å²) in [5.74, 6) is 0. The first-order valence-corrected chi connectivity index (χ1v) is 6.25. The number of nitrogens with zero attached hydrogens (tertiary/aromatic N) is 2. The van der Waals surface area contributed by atoms with E-state index in [9.17, 15) is 4.79 Å². The number of hydrogen-bond donors (Lipinski definition) is 0. The molecule has 0 aromatic carbocycles. The van der Waals surface area contributed by atoms with E-state index in [4.69, 9.17) is 0 Å². The topological polar surface area (TPSA) is 25.9 Å². The average molecular weight is 243 g/mol. The molecule has 2 heterocycles. The van der Waals surface area contributed by atoms with Crippen LogP contribution in [0, 0.1) is 20.8 Å². The number of aromatic nitrogens is 2. The Morgan fingerprint density at radius 2 is 1.72 bits per heavy atom. The maximum absolute atomic E-state index is 11.5. The third-order valence-electron chi connectivity index (χ3n) is 3.18. The SMILES string of the molecule is CCc1ccc(C)[n+](-n2c(C)cc(=O)cc2C)c1. The Hall–Kier alpha value is -1.90. The Kier molecular flexibility index (Phi) is 3.32. The van der Waals surface area contributed by atoms with Crippen molar-refractivity contribution in [2.24, 2.45) is 0 Å². The second kappa shape index (κ2) is 4.77. The summed E-state index contributed by atoms with van der Waals surface area (Å²) in [6, 6.07) is 7.57. The molecule has 3 nitrogen and oxygen atoms in total. The summed E-state index contributed by atoms with van der Waals surface area (Å²) >= 11 is 0. The van der Waals surface area contributed by atoms with Gasteiger partial charge < -0.3 is 0 Å². The van der Waals surface area contributed by atoms with Gasteiger partial charge in [-0.15, -0.1) is 4.68 Å². The lowest BCUT2D eigenvalue weighted by Crippen LogP contribution is -2.47. The molecule has 2 rings (SSSR count). The van der Waals surface area contributed by atoms with E-state index in [-0.39, 0.29) is 5.43 Å². The van der Waals surface area contributed by atoms with Gasteiger partial charge in [0.05, 0.1) is 11.4 Å². The van der Waals surface area contributed by atoms with Gasteiger partial charge in [-0.05, 0) is 26.3 Å². The normalized spacial score (nSPS) is 10.7. The predicted molar refractivity (Wildman–Crippen MR) is 71.7 cm³/mol. The highest BCUT2D eigenvalue weighted by Gasteiger charge is 2.14. The first-order chi connectivity index (χ1) is 8.52. The first-order valence-electron chi connectivity index (χ1n) is 6.25. The standard InChI is InChI=1S/C15H19N2O/c1-5-14-7-6-11(2)16(10-14)17-12(3)8-15(18)9-13(17)4/h6-10H,5H2,1-4H3/q+1. The number of rotatable bonds is 2. The summed E-state index contributed by atoms with van der Waals surface area (Å²) in [6.07, 6.45) is 3.12. The molecule has 0 saturated heterocycles. The van der Waals surface area contributed by atoms with E-state index in [0.29, 0.717) is 0 Å². The van der Waals surface area contributed by atoms with E-state index in [1.165, 1.54) is 5.56 Å². The zero-order chi connectivity index (χ0) is 13.3. The van der Waals surface area contributed by atoms with E-state index in [1.807, 2.05) is 13.8 Å². The van der Waals surface area contributed by atoms with Crippen molar-refractivity contribution in [1.29, 1.82) is 0 Å². The van der Waals surface area contributed by atoms with Gasteiger partial charge in [0.15, 0.2) is 5.43 Å². The van der Waals surface area contributed by atoms with Crippen molar-refractivity contribution in [3.63, 3.8) is 0 Å². The number of hydrogen-bond acceptors (Lipinski definition) is 1. The van der Waals surface area contributed by atoms with Gasteiger partial charge in [-0.25, -0.2) is 0 Å². The third kappa shape index (κ3) is 2.21. The van der Waals surface area contributed by atoms with Crippen molar-refractivity contribution >= 4 is 0 Å². The Balaban J connectivity index is 2.72. The van der Waals surface area contributed by atoms with Gasteiger partial charge in [0, 0.05) is 30.7 Å². The minimum Gasteiger partial charge on any atom is -0.290 e. The van der Waals surface area contributed by atoms with Crippen LogP contribution in [-0.2, 0) is 6.42 Å². The fraction of sp³-hybridized carbons (Fsp3) is 0.333. The van der Waals surface area contributed by atoms with Crippen LogP contribution in [0.2, 0.25) is 0 Å². The van der Waals surface area contributed by atoms with Crippen molar-refractivity contribution in [3.05, 3.63) is 63.3 Å². The molecule has 0 bridgehead atoms. The summed E-state index contributed by atoms with van der Waals surface area (Å²) in [6.45, 7) is 8.12. The van der Waals surface area contributed by atoms with Gasteiger partial charge in [0.1, 0.15) is 0 Å². The van der Waals surface area contributed by atoms with Gasteiger partial charge in [-0.2, -0.15) is 0 Å². The van der Waals surface area contributed by atoms with Crippen LogP contribution in [-0.4, -0.2) is 4.68 Å². The van der Waals surface area contributed by atoms with E-state index >= 15 is 0 Å². The van der Waals surface area contributed by atoms with Gasteiger partial charge in [0.25, 0.3) is 0 Å².